The molecular formula is C14H30N2O3. The van der Waals surface area contributed by atoms with E-state index in [1.54, 1.807) is 14.2 Å². The quantitative estimate of drug-likeness (QED) is 0.640. The second-order valence-corrected chi connectivity index (χ2v) is 5.62. The van der Waals surface area contributed by atoms with E-state index in [0.29, 0.717) is 12.1 Å². The molecular weight excluding hydrogens is 244 g/mol. The molecule has 114 valence electrons. The van der Waals surface area contributed by atoms with E-state index in [4.69, 9.17) is 9.47 Å². The first-order chi connectivity index (χ1) is 9.12. The fourth-order valence-electron chi connectivity index (χ4n) is 3.13. The minimum absolute atomic E-state index is 0.108. The lowest BCUT2D eigenvalue weighted by Crippen LogP contribution is -2.49. The van der Waals surface area contributed by atoms with Crippen molar-refractivity contribution in [1.82, 2.24) is 10.2 Å². The van der Waals surface area contributed by atoms with Crippen molar-refractivity contribution < 1.29 is 14.6 Å². The zero-order chi connectivity index (χ0) is 14.3. The number of methoxy groups -OCH3 is 2. The zero-order valence-corrected chi connectivity index (χ0v) is 12.8. The molecule has 0 aromatic rings. The van der Waals surface area contributed by atoms with Crippen LogP contribution in [0, 0.1) is 0 Å². The van der Waals surface area contributed by atoms with Gasteiger partial charge in [0.1, 0.15) is 0 Å². The van der Waals surface area contributed by atoms with Crippen molar-refractivity contribution in [1.29, 1.82) is 0 Å². The monoisotopic (exact) mass is 274 g/mol. The maximum absolute atomic E-state index is 9.60. The largest absolute Gasteiger partial charge is 0.394 e. The maximum Gasteiger partial charge on any atom is 0.0615 e. The van der Waals surface area contributed by atoms with Gasteiger partial charge in [-0.15, -0.1) is 0 Å². The summed E-state index contributed by atoms with van der Waals surface area (Å²) in [6.07, 6.45) is 3.12. The van der Waals surface area contributed by atoms with E-state index in [1.165, 1.54) is 0 Å². The van der Waals surface area contributed by atoms with Crippen LogP contribution in [0.5, 0.6) is 0 Å². The van der Waals surface area contributed by atoms with E-state index >= 15 is 0 Å². The van der Waals surface area contributed by atoms with Crippen LogP contribution in [0.4, 0.5) is 0 Å². The third-order valence-corrected chi connectivity index (χ3v) is 4.41. The van der Waals surface area contributed by atoms with Gasteiger partial charge in [-0.05, 0) is 33.2 Å². The first kappa shape index (κ1) is 16.9. The van der Waals surface area contributed by atoms with E-state index in [9.17, 15) is 5.11 Å². The van der Waals surface area contributed by atoms with Crippen molar-refractivity contribution in [2.75, 3.05) is 47.6 Å². The van der Waals surface area contributed by atoms with Crippen LogP contribution in [0.3, 0.4) is 0 Å². The van der Waals surface area contributed by atoms with Crippen molar-refractivity contribution in [3.05, 3.63) is 0 Å². The van der Waals surface area contributed by atoms with E-state index in [1.807, 2.05) is 7.05 Å². The Morgan fingerprint density at radius 2 is 2.16 bits per heavy atom. The van der Waals surface area contributed by atoms with Gasteiger partial charge in [0.25, 0.3) is 0 Å². The predicted molar refractivity (Wildman–Crippen MR) is 76.4 cm³/mol. The highest BCUT2D eigenvalue weighted by atomic mass is 16.5. The van der Waals surface area contributed by atoms with E-state index < -0.39 is 0 Å². The minimum atomic E-state index is -0.108. The van der Waals surface area contributed by atoms with Crippen LogP contribution >= 0.6 is 0 Å². The second-order valence-electron chi connectivity index (χ2n) is 5.62. The normalized spacial score (nSPS) is 29.1. The topological polar surface area (TPSA) is 54.0 Å². The molecule has 2 N–H and O–H groups in total. The molecule has 19 heavy (non-hydrogen) atoms. The van der Waals surface area contributed by atoms with Crippen molar-refractivity contribution >= 4 is 0 Å². The Bertz CT molecular complexity index is 247. The summed E-state index contributed by atoms with van der Waals surface area (Å²) in [5.74, 6) is 0. The lowest BCUT2D eigenvalue weighted by Gasteiger charge is -2.35. The first-order valence-corrected chi connectivity index (χ1v) is 7.16. The Morgan fingerprint density at radius 1 is 1.42 bits per heavy atom. The molecule has 1 saturated carbocycles. The highest BCUT2D eigenvalue weighted by Crippen LogP contribution is 2.33. The SMILES string of the molecule is CNC1(CO)CCC(N(CCOC)C(C)COC)C1. The van der Waals surface area contributed by atoms with Gasteiger partial charge in [0.15, 0.2) is 0 Å². The van der Waals surface area contributed by atoms with E-state index in [0.717, 1.165) is 39.0 Å². The van der Waals surface area contributed by atoms with Gasteiger partial charge in [-0.3, -0.25) is 4.90 Å². The van der Waals surface area contributed by atoms with Gasteiger partial charge in [-0.1, -0.05) is 0 Å². The molecule has 5 heteroatoms. The van der Waals surface area contributed by atoms with Crippen molar-refractivity contribution in [3.8, 4) is 0 Å². The Labute approximate surface area is 117 Å². The van der Waals surface area contributed by atoms with Crippen LogP contribution in [0.15, 0.2) is 0 Å². The van der Waals surface area contributed by atoms with Crippen molar-refractivity contribution in [2.24, 2.45) is 0 Å². The Hall–Kier alpha value is -0.200. The van der Waals surface area contributed by atoms with E-state index in [2.05, 4.69) is 17.1 Å². The molecule has 1 fully saturated rings. The van der Waals surface area contributed by atoms with Gasteiger partial charge in [0.05, 0.1) is 19.8 Å². The number of likely N-dealkylation sites (N-methyl/N-ethyl adjacent to an activating group) is 1. The molecule has 0 heterocycles. The molecule has 1 aliphatic rings. The molecule has 0 bridgehead atoms. The van der Waals surface area contributed by atoms with Crippen LogP contribution in [-0.4, -0.2) is 75.3 Å². The van der Waals surface area contributed by atoms with Crippen LogP contribution < -0.4 is 5.32 Å². The van der Waals surface area contributed by atoms with Crippen LogP contribution in [0.2, 0.25) is 0 Å². The molecule has 1 aliphatic carbocycles. The van der Waals surface area contributed by atoms with Gasteiger partial charge in [0.2, 0.25) is 0 Å². The smallest absolute Gasteiger partial charge is 0.0615 e. The predicted octanol–water partition coefficient (Wildman–Crippen LogP) is 0.473. The number of nitrogens with zero attached hydrogens (tertiary/aromatic N) is 1. The summed E-state index contributed by atoms with van der Waals surface area (Å²) in [7, 11) is 5.42. The van der Waals surface area contributed by atoms with Crippen LogP contribution in [-0.2, 0) is 9.47 Å². The summed E-state index contributed by atoms with van der Waals surface area (Å²) in [6, 6.07) is 0.858. The first-order valence-electron chi connectivity index (χ1n) is 7.16. The summed E-state index contributed by atoms with van der Waals surface area (Å²) in [4.78, 5) is 2.46. The van der Waals surface area contributed by atoms with Gasteiger partial charge in [-0.25, -0.2) is 0 Å². The molecule has 0 aliphatic heterocycles. The van der Waals surface area contributed by atoms with Crippen molar-refractivity contribution in [2.45, 2.75) is 43.8 Å². The standard InChI is InChI=1S/C14H30N2O3/c1-12(10-19-4)16(7-8-18-3)13-5-6-14(9-13,11-17)15-2/h12-13,15,17H,5-11H2,1-4H3. The molecule has 3 unspecified atom stereocenters. The fraction of sp³-hybridized carbons (Fsp3) is 1.00. The Kier molecular flexibility index (Phi) is 7.25. The Morgan fingerprint density at radius 3 is 2.63 bits per heavy atom. The number of rotatable bonds is 9. The number of ether oxygens (including phenoxy) is 2. The molecule has 0 spiro atoms. The molecule has 0 amide bonds. The third kappa shape index (κ3) is 4.39. The molecule has 0 aromatic heterocycles. The minimum Gasteiger partial charge on any atom is -0.394 e. The lowest BCUT2D eigenvalue weighted by molar-refractivity contribution is 0.0442. The molecule has 5 nitrogen and oxygen atoms in total. The summed E-state index contributed by atoms with van der Waals surface area (Å²) >= 11 is 0. The summed E-state index contributed by atoms with van der Waals surface area (Å²) in [5, 5.41) is 12.9. The summed E-state index contributed by atoms with van der Waals surface area (Å²) < 4.78 is 10.5. The highest BCUT2D eigenvalue weighted by Gasteiger charge is 2.40. The van der Waals surface area contributed by atoms with Gasteiger partial charge < -0.3 is 19.9 Å². The van der Waals surface area contributed by atoms with Gasteiger partial charge >= 0.3 is 0 Å². The maximum atomic E-state index is 9.60. The molecule has 0 radical (unpaired) electrons. The van der Waals surface area contributed by atoms with Crippen LogP contribution in [0.25, 0.3) is 0 Å². The molecule has 0 aromatic carbocycles. The van der Waals surface area contributed by atoms with E-state index in [-0.39, 0.29) is 12.1 Å². The number of nitrogens with one attached hydrogen (secondary N) is 1. The fourth-order valence-corrected chi connectivity index (χ4v) is 3.13. The average Bonchev–Trinajstić information content (AvgIpc) is 2.84. The lowest BCUT2D eigenvalue weighted by atomic mass is 9.98. The number of hydrogen-bond acceptors (Lipinski definition) is 5. The second kappa shape index (κ2) is 8.17. The third-order valence-electron chi connectivity index (χ3n) is 4.41. The van der Waals surface area contributed by atoms with Gasteiger partial charge in [0, 0.05) is 38.4 Å². The summed E-state index contributed by atoms with van der Waals surface area (Å²) in [6.45, 7) is 4.77. The molecule has 1 rings (SSSR count). The Balaban J connectivity index is 2.65. The zero-order valence-electron chi connectivity index (χ0n) is 12.8. The van der Waals surface area contributed by atoms with Crippen LogP contribution in [0.1, 0.15) is 26.2 Å². The molecule has 0 saturated heterocycles. The average molecular weight is 274 g/mol. The number of hydrogen-bond donors (Lipinski definition) is 2. The number of aliphatic hydroxyl groups is 1. The van der Waals surface area contributed by atoms with Gasteiger partial charge in [-0.2, -0.15) is 0 Å². The summed E-state index contributed by atoms with van der Waals surface area (Å²) in [5.41, 5.74) is -0.108. The highest BCUT2D eigenvalue weighted by molar-refractivity contribution is 4.99. The molecule has 3 atom stereocenters. The van der Waals surface area contributed by atoms with Crippen molar-refractivity contribution in [3.63, 3.8) is 0 Å². The number of aliphatic hydroxyl groups excluding tert-OH is 1.